The van der Waals surface area contributed by atoms with E-state index in [-0.39, 0.29) is 19.1 Å². The molecule has 0 aliphatic rings. The Hall–Kier alpha value is -1.88. The molecule has 5 heteroatoms. The van der Waals surface area contributed by atoms with Gasteiger partial charge < -0.3 is 10.4 Å². The number of halogens is 1. The van der Waals surface area contributed by atoms with Crippen LogP contribution in [0.3, 0.4) is 0 Å². The van der Waals surface area contributed by atoms with Gasteiger partial charge in [0.15, 0.2) is 0 Å². The van der Waals surface area contributed by atoms with Crippen LogP contribution in [0.5, 0.6) is 0 Å². The molecule has 0 radical (unpaired) electrons. The minimum Gasteiger partial charge on any atom is -0.395 e. The highest BCUT2D eigenvalue weighted by Gasteiger charge is 2.12. The van der Waals surface area contributed by atoms with E-state index < -0.39 is 0 Å². The number of amides is 1. The van der Waals surface area contributed by atoms with Crippen LogP contribution in [0.4, 0.5) is 5.69 Å². The predicted octanol–water partition coefficient (Wildman–Crippen LogP) is 2.77. The SMILES string of the molecule is O=C(CN(CCO)Cc1ccccc1)Nc1ccccc1Cl. The maximum Gasteiger partial charge on any atom is 0.238 e. The number of benzene rings is 2. The summed E-state index contributed by atoms with van der Waals surface area (Å²) in [4.78, 5) is 14.0. The molecule has 2 N–H and O–H groups in total. The third-order valence-corrected chi connectivity index (χ3v) is 3.51. The molecule has 1 amide bonds. The number of aliphatic hydroxyl groups excluding tert-OH is 1. The lowest BCUT2D eigenvalue weighted by Crippen LogP contribution is -2.34. The van der Waals surface area contributed by atoms with Crippen molar-refractivity contribution in [3.8, 4) is 0 Å². The molecular weight excluding hydrogens is 300 g/mol. The zero-order valence-electron chi connectivity index (χ0n) is 12.2. The van der Waals surface area contributed by atoms with Gasteiger partial charge in [0.2, 0.25) is 5.91 Å². The summed E-state index contributed by atoms with van der Waals surface area (Å²) in [5.41, 5.74) is 1.69. The van der Waals surface area contributed by atoms with Crippen LogP contribution in [0, 0.1) is 0 Å². The van der Waals surface area contributed by atoms with E-state index in [4.69, 9.17) is 16.7 Å². The van der Waals surface area contributed by atoms with E-state index in [1.54, 1.807) is 12.1 Å². The summed E-state index contributed by atoms with van der Waals surface area (Å²) in [7, 11) is 0. The molecule has 4 nitrogen and oxygen atoms in total. The molecule has 0 spiro atoms. The summed E-state index contributed by atoms with van der Waals surface area (Å²) < 4.78 is 0. The highest BCUT2D eigenvalue weighted by molar-refractivity contribution is 6.33. The summed E-state index contributed by atoms with van der Waals surface area (Å²) in [5.74, 6) is -0.155. The molecule has 0 saturated heterocycles. The standard InChI is InChI=1S/C17H19ClN2O2/c18-15-8-4-5-9-16(15)19-17(22)13-20(10-11-21)12-14-6-2-1-3-7-14/h1-9,21H,10-13H2,(H,19,22). The van der Waals surface area contributed by atoms with E-state index in [0.717, 1.165) is 5.56 Å². The Morgan fingerprint density at radius 1 is 1.09 bits per heavy atom. The molecule has 116 valence electrons. The third-order valence-electron chi connectivity index (χ3n) is 3.18. The van der Waals surface area contributed by atoms with Crippen molar-refractivity contribution >= 4 is 23.2 Å². The molecule has 2 rings (SSSR count). The van der Waals surface area contributed by atoms with Crippen molar-refractivity contribution in [3.63, 3.8) is 0 Å². The van der Waals surface area contributed by atoms with Crippen molar-refractivity contribution in [1.82, 2.24) is 4.90 Å². The number of anilines is 1. The molecule has 0 unspecified atom stereocenters. The average molecular weight is 319 g/mol. The molecule has 0 aromatic heterocycles. The Morgan fingerprint density at radius 3 is 2.45 bits per heavy atom. The van der Waals surface area contributed by atoms with Crippen molar-refractivity contribution in [1.29, 1.82) is 0 Å². The molecule has 0 aliphatic heterocycles. The first-order chi connectivity index (χ1) is 10.7. The molecule has 22 heavy (non-hydrogen) atoms. The number of carbonyl (C=O) groups excluding carboxylic acids is 1. The van der Waals surface area contributed by atoms with E-state index in [9.17, 15) is 4.79 Å². The molecular formula is C17H19ClN2O2. The number of rotatable bonds is 7. The number of carbonyl (C=O) groups is 1. The van der Waals surface area contributed by atoms with E-state index in [2.05, 4.69) is 5.32 Å². The van der Waals surface area contributed by atoms with E-state index in [1.165, 1.54) is 0 Å². The van der Waals surface area contributed by atoms with Crippen LogP contribution < -0.4 is 5.32 Å². The van der Waals surface area contributed by atoms with Gasteiger partial charge in [0.05, 0.1) is 23.9 Å². The maximum atomic E-state index is 12.1. The largest absolute Gasteiger partial charge is 0.395 e. The fourth-order valence-corrected chi connectivity index (χ4v) is 2.34. The third kappa shape index (κ3) is 5.15. The Morgan fingerprint density at radius 2 is 1.77 bits per heavy atom. The van der Waals surface area contributed by atoms with Crippen molar-refractivity contribution in [2.75, 3.05) is 25.0 Å². The van der Waals surface area contributed by atoms with Gasteiger partial charge in [-0.2, -0.15) is 0 Å². The Bertz CT molecular complexity index is 605. The van der Waals surface area contributed by atoms with Crippen molar-refractivity contribution in [2.45, 2.75) is 6.54 Å². The van der Waals surface area contributed by atoms with Crippen LogP contribution in [0.25, 0.3) is 0 Å². The Labute approximate surface area is 135 Å². The summed E-state index contributed by atoms with van der Waals surface area (Å²) in [6.07, 6.45) is 0. The summed E-state index contributed by atoms with van der Waals surface area (Å²) >= 11 is 6.03. The second-order valence-electron chi connectivity index (χ2n) is 4.95. The average Bonchev–Trinajstić information content (AvgIpc) is 2.51. The zero-order chi connectivity index (χ0) is 15.8. The second kappa shape index (κ2) is 8.54. The van der Waals surface area contributed by atoms with Gasteiger partial charge in [-0.1, -0.05) is 54.1 Å². The topological polar surface area (TPSA) is 52.6 Å². The summed E-state index contributed by atoms with van der Waals surface area (Å²) in [6.45, 7) is 1.25. The van der Waals surface area contributed by atoms with E-state index in [1.807, 2.05) is 47.4 Å². The molecule has 0 saturated carbocycles. The Balaban J connectivity index is 1.95. The highest BCUT2D eigenvalue weighted by Crippen LogP contribution is 2.20. The number of nitrogens with one attached hydrogen (secondary N) is 1. The minimum atomic E-state index is -0.155. The smallest absolute Gasteiger partial charge is 0.238 e. The van der Waals surface area contributed by atoms with Crippen molar-refractivity contribution < 1.29 is 9.90 Å². The van der Waals surface area contributed by atoms with Crippen LogP contribution in [-0.2, 0) is 11.3 Å². The predicted molar refractivity (Wildman–Crippen MR) is 88.9 cm³/mol. The fraction of sp³-hybridized carbons (Fsp3) is 0.235. The number of hydrogen-bond acceptors (Lipinski definition) is 3. The normalized spacial score (nSPS) is 10.7. The summed E-state index contributed by atoms with van der Waals surface area (Å²) in [5, 5.41) is 12.5. The molecule has 0 heterocycles. The number of hydrogen-bond donors (Lipinski definition) is 2. The van der Waals surface area contributed by atoms with Crippen LogP contribution >= 0.6 is 11.6 Å². The lowest BCUT2D eigenvalue weighted by atomic mass is 10.2. The van der Waals surface area contributed by atoms with Gasteiger partial charge in [0.1, 0.15) is 0 Å². The number of aliphatic hydroxyl groups is 1. The molecule has 0 fully saturated rings. The number of para-hydroxylation sites is 1. The molecule has 0 aliphatic carbocycles. The van der Waals surface area contributed by atoms with Gasteiger partial charge in [-0.3, -0.25) is 9.69 Å². The molecule has 0 atom stereocenters. The first-order valence-electron chi connectivity index (χ1n) is 7.10. The number of nitrogens with zero attached hydrogens (tertiary/aromatic N) is 1. The zero-order valence-corrected chi connectivity index (χ0v) is 13.0. The van der Waals surface area contributed by atoms with E-state index in [0.29, 0.717) is 23.8 Å². The van der Waals surface area contributed by atoms with Crippen molar-refractivity contribution in [2.24, 2.45) is 0 Å². The fourth-order valence-electron chi connectivity index (χ4n) is 2.15. The van der Waals surface area contributed by atoms with Gasteiger partial charge in [-0.15, -0.1) is 0 Å². The van der Waals surface area contributed by atoms with Gasteiger partial charge in [0.25, 0.3) is 0 Å². The van der Waals surface area contributed by atoms with Gasteiger partial charge in [0, 0.05) is 13.1 Å². The first-order valence-corrected chi connectivity index (χ1v) is 7.48. The van der Waals surface area contributed by atoms with Crippen molar-refractivity contribution in [3.05, 3.63) is 65.2 Å². The first kappa shape index (κ1) is 16.5. The van der Waals surface area contributed by atoms with Crippen LogP contribution in [-0.4, -0.2) is 35.6 Å². The van der Waals surface area contributed by atoms with Gasteiger partial charge >= 0.3 is 0 Å². The van der Waals surface area contributed by atoms with Crippen LogP contribution in [0.2, 0.25) is 5.02 Å². The van der Waals surface area contributed by atoms with E-state index >= 15 is 0 Å². The van der Waals surface area contributed by atoms with Gasteiger partial charge in [-0.25, -0.2) is 0 Å². The quantitative estimate of drug-likeness (QED) is 0.825. The minimum absolute atomic E-state index is 0.00616. The lowest BCUT2D eigenvalue weighted by molar-refractivity contribution is -0.117. The highest BCUT2D eigenvalue weighted by atomic mass is 35.5. The molecule has 2 aromatic rings. The van der Waals surface area contributed by atoms with Gasteiger partial charge in [-0.05, 0) is 17.7 Å². The molecule has 0 bridgehead atoms. The Kier molecular flexibility index (Phi) is 6.40. The summed E-state index contributed by atoms with van der Waals surface area (Å²) in [6, 6.07) is 17.0. The van der Waals surface area contributed by atoms with Crippen LogP contribution in [0.15, 0.2) is 54.6 Å². The monoisotopic (exact) mass is 318 g/mol. The van der Waals surface area contributed by atoms with Crippen LogP contribution in [0.1, 0.15) is 5.56 Å². The molecule has 2 aromatic carbocycles. The second-order valence-corrected chi connectivity index (χ2v) is 5.36. The maximum absolute atomic E-state index is 12.1. The lowest BCUT2D eigenvalue weighted by Gasteiger charge is -2.21.